The van der Waals surface area contributed by atoms with Crippen LogP contribution in [0.25, 0.3) is 0 Å². The largest absolute Gasteiger partial charge is 0.417 e. The summed E-state index contributed by atoms with van der Waals surface area (Å²) in [5, 5.41) is 0. The van der Waals surface area contributed by atoms with Gasteiger partial charge in [-0.1, -0.05) is 25.0 Å². The lowest BCUT2D eigenvalue weighted by atomic mass is 10.1. The monoisotopic (exact) mass is 390 g/mol. The van der Waals surface area contributed by atoms with Crippen molar-refractivity contribution in [3.63, 3.8) is 0 Å². The zero-order valence-electron chi connectivity index (χ0n) is 14.7. The molecule has 0 aliphatic carbocycles. The predicted octanol–water partition coefficient (Wildman–Crippen LogP) is 3.73. The van der Waals surface area contributed by atoms with E-state index in [1.54, 1.807) is 0 Å². The van der Waals surface area contributed by atoms with Crippen molar-refractivity contribution in [2.75, 3.05) is 26.2 Å². The van der Waals surface area contributed by atoms with Gasteiger partial charge in [-0.25, -0.2) is 8.42 Å². The number of rotatable bonds is 3. The summed E-state index contributed by atoms with van der Waals surface area (Å²) in [6.07, 6.45) is 1.44. The lowest BCUT2D eigenvalue weighted by molar-refractivity contribution is -0.139. The predicted molar refractivity (Wildman–Crippen MR) is 93.3 cm³/mol. The molecule has 0 bridgehead atoms. The molecule has 1 aromatic rings. The van der Waals surface area contributed by atoms with Gasteiger partial charge in [0.05, 0.1) is 10.5 Å². The molecular formula is C18H25F3N2O2S. The van der Waals surface area contributed by atoms with E-state index in [1.807, 2.05) is 0 Å². The SMILES string of the molecule is O=S(=O)(c1ccccc1C(F)(F)F)N1CCCC(N2CCCCCC2)C1. The zero-order valence-corrected chi connectivity index (χ0v) is 15.5. The van der Waals surface area contributed by atoms with Crippen LogP contribution >= 0.6 is 0 Å². The van der Waals surface area contributed by atoms with Crippen LogP contribution in [0.15, 0.2) is 29.2 Å². The van der Waals surface area contributed by atoms with Gasteiger partial charge in [0.15, 0.2) is 0 Å². The highest BCUT2D eigenvalue weighted by atomic mass is 32.2. The number of likely N-dealkylation sites (tertiary alicyclic amines) is 1. The number of alkyl halides is 3. The summed E-state index contributed by atoms with van der Waals surface area (Å²) < 4.78 is 67.0. The molecule has 4 nitrogen and oxygen atoms in total. The maximum absolute atomic E-state index is 13.3. The molecule has 2 heterocycles. The number of piperidine rings is 1. The number of benzene rings is 1. The molecule has 1 unspecified atom stereocenters. The Balaban J connectivity index is 1.83. The number of hydrogen-bond acceptors (Lipinski definition) is 3. The summed E-state index contributed by atoms with van der Waals surface area (Å²) in [4.78, 5) is 1.69. The molecule has 0 radical (unpaired) electrons. The van der Waals surface area contributed by atoms with Crippen molar-refractivity contribution in [3.8, 4) is 0 Å². The highest BCUT2D eigenvalue weighted by Crippen LogP contribution is 2.36. The lowest BCUT2D eigenvalue weighted by Gasteiger charge is -2.38. The Morgan fingerprint density at radius 2 is 1.58 bits per heavy atom. The Morgan fingerprint density at radius 1 is 0.923 bits per heavy atom. The summed E-state index contributed by atoms with van der Waals surface area (Å²) >= 11 is 0. The first-order valence-electron chi connectivity index (χ1n) is 9.20. The Morgan fingerprint density at radius 3 is 2.23 bits per heavy atom. The van der Waals surface area contributed by atoms with Crippen molar-refractivity contribution in [3.05, 3.63) is 29.8 Å². The topological polar surface area (TPSA) is 40.6 Å². The maximum Gasteiger partial charge on any atom is 0.417 e. The van der Waals surface area contributed by atoms with Crippen molar-refractivity contribution < 1.29 is 21.6 Å². The van der Waals surface area contributed by atoms with Gasteiger partial charge in [0.2, 0.25) is 10.0 Å². The van der Waals surface area contributed by atoms with Crippen LogP contribution in [-0.4, -0.2) is 49.8 Å². The Bertz CT molecular complexity index is 713. The van der Waals surface area contributed by atoms with Crippen LogP contribution in [0, 0.1) is 0 Å². The van der Waals surface area contributed by atoms with Crippen LogP contribution in [-0.2, 0) is 16.2 Å². The molecule has 0 spiro atoms. The van der Waals surface area contributed by atoms with Gasteiger partial charge in [0.25, 0.3) is 0 Å². The Kier molecular flexibility index (Phi) is 5.94. The summed E-state index contributed by atoms with van der Waals surface area (Å²) in [7, 11) is -4.17. The van der Waals surface area contributed by atoms with Gasteiger partial charge in [0, 0.05) is 19.1 Å². The zero-order chi connectivity index (χ0) is 18.8. The van der Waals surface area contributed by atoms with Crippen molar-refractivity contribution in [2.45, 2.75) is 55.6 Å². The molecule has 2 aliphatic rings. The number of hydrogen-bond donors (Lipinski definition) is 0. The lowest BCUT2D eigenvalue weighted by Crippen LogP contribution is -2.50. The maximum atomic E-state index is 13.3. The van der Waals surface area contributed by atoms with Gasteiger partial charge in [-0.05, 0) is 50.9 Å². The molecule has 1 atom stereocenters. The van der Waals surface area contributed by atoms with Crippen LogP contribution in [0.3, 0.4) is 0 Å². The molecule has 2 fully saturated rings. The molecule has 2 saturated heterocycles. The van der Waals surface area contributed by atoms with Gasteiger partial charge in [0.1, 0.15) is 0 Å². The number of halogens is 3. The molecular weight excluding hydrogens is 365 g/mol. The summed E-state index contributed by atoms with van der Waals surface area (Å²) in [5.74, 6) is 0. The van der Waals surface area contributed by atoms with Crippen LogP contribution in [0.5, 0.6) is 0 Å². The molecule has 26 heavy (non-hydrogen) atoms. The van der Waals surface area contributed by atoms with E-state index in [4.69, 9.17) is 0 Å². The van der Waals surface area contributed by atoms with Crippen molar-refractivity contribution >= 4 is 10.0 Å². The fourth-order valence-corrected chi connectivity index (χ4v) is 5.69. The number of nitrogens with zero attached hydrogens (tertiary/aromatic N) is 2. The van der Waals surface area contributed by atoms with E-state index in [-0.39, 0.29) is 19.1 Å². The minimum atomic E-state index is -4.69. The second-order valence-corrected chi connectivity index (χ2v) is 9.01. The second kappa shape index (κ2) is 7.86. The fourth-order valence-electron chi connectivity index (χ4n) is 3.96. The van der Waals surface area contributed by atoms with E-state index in [0.29, 0.717) is 6.42 Å². The van der Waals surface area contributed by atoms with Gasteiger partial charge in [-0.2, -0.15) is 17.5 Å². The highest BCUT2D eigenvalue weighted by molar-refractivity contribution is 7.89. The van der Waals surface area contributed by atoms with E-state index < -0.39 is 26.7 Å². The van der Waals surface area contributed by atoms with Gasteiger partial charge >= 0.3 is 6.18 Å². The van der Waals surface area contributed by atoms with E-state index in [1.165, 1.54) is 29.3 Å². The van der Waals surface area contributed by atoms with Gasteiger partial charge in [-0.3, -0.25) is 4.90 Å². The van der Waals surface area contributed by atoms with E-state index in [0.717, 1.165) is 44.5 Å². The molecule has 1 aromatic carbocycles. The van der Waals surface area contributed by atoms with Crippen LogP contribution in [0.2, 0.25) is 0 Å². The molecule has 146 valence electrons. The average molecular weight is 390 g/mol. The van der Waals surface area contributed by atoms with E-state index in [9.17, 15) is 21.6 Å². The normalized spacial score (nSPS) is 24.3. The Labute approximate surface area is 153 Å². The first-order valence-corrected chi connectivity index (χ1v) is 10.6. The summed E-state index contributed by atoms with van der Waals surface area (Å²) in [5.41, 5.74) is -1.09. The second-order valence-electron chi connectivity index (χ2n) is 7.10. The van der Waals surface area contributed by atoms with E-state index >= 15 is 0 Å². The van der Waals surface area contributed by atoms with Gasteiger partial charge < -0.3 is 0 Å². The van der Waals surface area contributed by atoms with Crippen molar-refractivity contribution in [1.29, 1.82) is 0 Å². The molecule has 2 aliphatic heterocycles. The fraction of sp³-hybridized carbons (Fsp3) is 0.667. The first-order chi connectivity index (χ1) is 12.3. The highest BCUT2D eigenvalue weighted by Gasteiger charge is 2.40. The summed E-state index contributed by atoms with van der Waals surface area (Å²) in [6.45, 7) is 2.43. The quantitative estimate of drug-likeness (QED) is 0.790. The third-order valence-corrected chi connectivity index (χ3v) is 7.25. The summed E-state index contributed by atoms with van der Waals surface area (Å²) in [6, 6.07) is 4.56. The molecule has 0 saturated carbocycles. The molecule has 8 heteroatoms. The van der Waals surface area contributed by atoms with Crippen molar-refractivity contribution in [1.82, 2.24) is 9.21 Å². The third-order valence-electron chi connectivity index (χ3n) is 5.33. The Hall–Kier alpha value is -1.12. The molecule has 3 rings (SSSR count). The third kappa shape index (κ3) is 4.23. The first kappa shape index (κ1) is 19.6. The smallest absolute Gasteiger partial charge is 0.299 e. The molecule has 0 aromatic heterocycles. The van der Waals surface area contributed by atoms with Crippen LogP contribution in [0.4, 0.5) is 13.2 Å². The van der Waals surface area contributed by atoms with Gasteiger partial charge in [-0.15, -0.1) is 0 Å². The minimum Gasteiger partial charge on any atom is -0.299 e. The van der Waals surface area contributed by atoms with Crippen LogP contribution in [0.1, 0.15) is 44.1 Å². The van der Waals surface area contributed by atoms with Crippen molar-refractivity contribution in [2.24, 2.45) is 0 Å². The van der Waals surface area contributed by atoms with Crippen LogP contribution < -0.4 is 0 Å². The standard InChI is InChI=1S/C18H25F3N2O2S/c19-18(20,21)16-9-3-4-10-17(16)26(24,25)23-13-7-8-15(14-23)22-11-5-1-2-6-12-22/h3-4,9-10,15H,1-2,5-8,11-14H2. The number of sulfonamides is 1. The minimum absolute atomic E-state index is 0.0923. The van der Waals surface area contributed by atoms with E-state index in [2.05, 4.69) is 4.90 Å². The molecule has 0 N–H and O–H groups in total. The molecule has 0 amide bonds. The average Bonchev–Trinajstić information content (AvgIpc) is 2.90.